The average Bonchev–Trinajstić information content (AvgIpc) is 3.28. The number of amides is 1. The van der Waals surface area contributed by atoms with Crippen LogP contribution >= 0.6 is 0 Å². The van der Waals surface area contributed by atoms with Crippen molar-refractivity contribution in [2.24, 2.45) is 41.4 Å². The van der Waals surface area contributed by atoms with Crippen molar-refractivity contribution in [2.75, 3.05) is 27.9 Å². The molecule has 13 nitrogen and oxygen atoms in total. The monoisotopic (exact) mass is 912 g/mol. The topological polar surface area (TPSA) is 175 Å². The molecular weight excluding hydrogens is 831 g/mol. The van der Waals surface area contributed by atoms with Gasteiger partial charge in [0.15, 0.2) is 5.78 Å². The molecule has 4 rings (SSSR count). The zero-order valence-corrected chi connectivity index (χ0v) is 41.2. The molecule has 366 valence electrons. The molecule has 3 heterocycles. The van der Waals surface area contributed by atoms with Gasteiger partial charge in [0.2, 0.25) is 5.79 Å². The molecule has 1 saturated carbocycles. The van der Waals surface area contributed by atoms with E-state index in [4.69, 9.17) is 23.7 Å². The van der Waals surface area contributed by atoms with Gasteiger partial charge < -0.3 is 38.8 Å². The molecule has 65 heavy (non-hydrogen) atoms. The Labute approximate surface area is 388 Å². The SMILES string of the molecule is CO[C@H]1CC2CC[C@@H](C)[C@@](O)(O2)C(=O)C(=O)N2CCCCC2C(=O)O[C@H]([C@H](C)CC2CC[C@@H](O)[C@H](OC)C2)CC(=O)[C@H](C)/C=C(\C)[C@@H](C)[C@@H](OC)C(=O)[C@H](C)CC(C)/C=C/C=C/C=C/1C. The highest BCUT2D eigenvalue weighted by molar-refractivity contribution is 6.39. The number of allylic oxidation sites excluding steroid dienone is 6. The van der Waals surface area contributed by atoms with E-state index in [1.54, 1.807) is 28.1 Å². The summed E-state index contributed by atoms with van der Waals surface area (Å²) in [5.41, 5.74) is 1.73. The zero-order valence-electron chi connectivity index (χ0n) is 41.2. The van der Waals surface area contributed by atoms with Crippen LogP contribution in [0.4, 0.5) is 0 Å². The number of ether oxygens (including phenoxy) is 5. The summed E-state index contributed by atoms with van der Waals surface area (Å²) in [4.78, 5) is 72.1. The van der Waals surface area contributed by atoms with E-state index in [0.717, 1.165) is 17.6 Å². The summed E-state index contributed by atoms with van der Waals surface area (Å²) in [6.07, 6.45) is 14.0. The Balaban J connectivity index is 1.70. The smallest absolute Gasteiger partial charge is 0.329 e. The van der Waals surface area contributed by atoms with Crippen LogP contribution in [0, 0.1) is 41.4 Å². The Kier molecular flexibility index (Phi) is 21.0. The van der Waals surface area contributed by atoms with E-state index in [-0.39, 0.29) is 66.6 Å². The lowest BCUT2D eigenvalue weighted by Gasteiger charge is -2.42. The first-order valence-corrected chi connectivity index (χ1v) is 24.2. The number of rotatable bonds is 6. The second-order valence-electron chi connectivity index (χ2n) is 19.9. The molecule has 0 spiro atoms. The number of aliphatic hydroxyl groups is 2. The van der Waals surface area contributed by atoms with E-state index in [9.17, 15) is 34.2 Å². The molecular formula is C52H81NO12. The standard InChI is InChI=1S/C52H81NO12/c1-31-17-13-12-14-18-32(2)44(61-9)29-40-22-20-37(7)52(60,65-40)49(57)50(58)53-24-16-15-19-41(53)51(59)64-45(35(5)27-39-21-23-42(54)46(28-39)62-10)30-43(55)34(4)26-33(3)38(8)48(63-11)47(56)36(6)25-31/h12-14,17-18,26,31,34-42,44-46,48,54,60H,15-16,19-25,27-30H2,1-11H3/b14-12+,17-13+,32-18+,33-26+/t31?,34-,35-,36-,37-,38-,39?,40?,41?,42-,44+,45+,46-,48-,52-/m1/s1. The maximum absolute atomic E-state index is 14.4. The number of nitrogens with zero attached hydrogens (tertiary/aromatic N) is 1. The largest absolute Gasteiger partial charge is 0.460 e. The van der Waals surface area contributed by atoms with Crippen molar-refractivity contribution in [1.29, 1.82) is 0 Å². The number of hydrogen-bond acceptors (Lipinski definition) is 12. The van der Waals surface area contributed by atoms with Crippen molar-refractivity contribution in [3.63, 3.8) is 0 Å². The molecule has 15 atom stereocenters. The van der Waals surface area contributed by atoms with Crippen LogP contribution in [-0.2, 0) is 47.7 Å². The molecule has 13 heteroatoms. The first-order chi connectivity index (χ1) is 30.7. The zero-order chi connectivity index (χ0) is 48.2. The van der Waals surface area contributed by atoms with Crippen molar-refractivity contribution in [2.45, 2.75) is 181 Å². The minimum Gasteiger partial charge on any atom is -0.460 e. The van der Waals surface area contributed by atoms with Crippen molar-refractivity contribution in [3.8, 4) is 0 Å². The predicted octanol–water partition coefficient (Wildman–Crippen LogP) is 7.46. The molecule has 4 aliphatic rings. The fraction of sp³-hybridized carbons (Fsp3) is 0.750. The van der Waals surface area contributed by atoms with E-state index in [2.05, 4.69) is 13.0 Å². The van der Waals surface area contributed by atoms with E-state index in [1.807, 2.05) is 65.0 Å². The Morgan fingerprint density at radius 2 is 1.57 bits per heavy atom. The first-order valence-electron chi connectivity index (χ1n) is 24.2. The van der Waals surface area contributed by atoms with E-state index < -0.39 is 71.8 Å². The van der Waals surface area contributed by atoms with Gasteiger partial charge in [-0.25, -0.2) is 4.79 Å². The number of carbonyl (C=O) groups is 5. The van der Waals surface area contributed by atoms with E-state index in [0.29, 0.717) is 57.8 Å². The third kappa shape index (κ3) is 14.3. The molecule has 0 aromatic rings. The highest BCUT2D eigenvalue weighted by atomic mass is 16.6. The number of fused-ring (bicyclic) bond motifs is 3. The molecule has 2 saturated heterocycles. The number of piperidine rings is 1. The van der Waals surface area contributed by atoms with Crippen molar-refractivity contribution in [1.82, 2.24) is 4.90 Å². The third-order valence-corrected chi connectivity index (χ3v) is 14.9. The van der Waals surface area contributed by atoms with Crippen LogP contribution < -0.4 is 0 Å². The van der Waals surface area contributed by atoms with Crippen LogP contribution in [0.15, 0.2) is 47.6 Å². The van der Waals surface area contributed by atoms with Crippen LogP contribution in [0.5, 0.6) is 0 Å². The van der Waals surface area contributed by atoms with Gasteiger partial charge in [-0.3, -0.25) is 19.2 Å². The lowest BCUT2D eigenvalue weighted by Crippen LogP contribution is -2.61. The second-order valence-corrected chi connectivity index (χ2v) is 19.9. The quantitative estimate of drug-likeness (QED) is 0.153. The summed E-state index contributed by atoms with van der Waals surface area (Å²) in [5.74, 6) is -7.31. The van der Waals surface area contributed by atoms with E-state index in [1.165, 1.54) is 12.0 Å². The van der Waals surface area contributed by atoms with Gasteiger partial charge in [0.1, 0.15) is 24.0 Å². The maximum atomic E-state index is 14.4. The van der Waals surface area contributed by atoms with Gasteiger partial charge in [-0.15, -0.1) is 0 Å². The maximum Gasteiger partial charge on any atom is 0.329 e. The lowest BCUT2D eigenvalue weighted by molar-refractivity contribution is -0.265. The van der Waals surface area contributed by atoms with Gasteiger partial charge in [0.05, 0.1) is 24.4 Å². The summed E-state index contributed by atoms with van der Waals surface area (Å²) in [7, 11) is 4.71. The normalized spacial score (nSPS) is 40.4. The Morgan fingerprint density at radius 1 is 0.846 bits per heavy atom. The molecule has 2 bridgehead atoms. The Bertz CT molecular complexity index is 1750. The molecule has 3 fully saturated rings. The van der Waals surface area contributed by atoms with Gasteiger partial charge in [-0.05, 0) is 101 Å². The molecule has 0 aromatic heterocycles. The number of esters is 1. The highest BCUT2D eigenvalue weighted by Gasteiger charge is 2.53. The number of hydrogen-bond donors (Lipinski definition) is 2. The number of methoxy groups -OCH3 is 3. The Morgan fingerprint density at radius 3 is 2.25 bits per heavy atom. The van der Waals surface area contributed by atoms with E-state index >= 15 is 0 Å². The summed E-state index contributed by atoms with van der Waals surface area (Å²) in [6.45, 7) is 15.3. The third-order valence-electron chi connectivity index (χ3n) is 14.9. The lowest BCUT2D eigenvalue weighted by atomic mass is 9.78. The van der Waals surface area contributed by atoms with Gasteiger partial charge in [0.25, 0.3) is 11.7 Å². The summed E-state index contributed by atoms with van der Waals surface area (Å²) >= 11 is 0. The molecule has 0 radical (unpaired) electrons. The summed E-state index contributed by atoms with van der Waals surface area (Å²) in [6, 6.07) is -1.11. The number of aliphatic hydroxyl groups excluding tert-OH is 1. The predicted molar refractivity (Wildman–Crippen MR) is 248 cm³/mol. The average molecular weight is 912 g/mol. The molecule has 1 amide bonds. The minimum atomic E-state index is -2.41. The molecule has 3 aliphatic heterocycles. The van der Waals surface area contributed by atoms with Gasteiger partial charge in [-0.2, -0.15) is 0 Å². The van der Waals surface area contributed by atoms with Crippen LogP contribution in [0.3, 0.4) is 0 Å². The van der Waals surface area contributed by atoms with Crippen molar-refractivity contribution >= 4 is 29.2 Å². The van der Waals surface area contributed by atoms with Gasteiger partial charge in [0, 0.05) is 64.4 Å². The van der Waals surface area contributed by atoms with Gasteiger partial charge in [-0.1, -0.05) is 83.6 Å². The molecule has 2 N–H and O–H groups in total. The summed E-state index contributed by atoms with van der Waals surface area (Å²) in [5, 5.41) is 22.4. The fourth-order valence-electron chi connectivity index (χ4n) is 10.3. The number of cyclic esters (lactones) is 1. The van der Waals surface area contributed by atoms with Gasteiger partial charge >= 0.3 is 5.97 Å². The van der Waals surface area contributed by atoms with Crippen molar-refractivity contribution < 1.29 is 57.9 Å². The number of Topliss-reactive ketones (excluding diaryl/α,β-unsaturated/α-hetero) is 3. The second kappa shape index (κ2) is 25.2. The number of carbonyl (C=O) groups excluding carboxylic acids is 5. The summed E-state index contributed by atoms with van der Waals surface area (Å²) < 4.78 is 29.7. The van der Waals surface area contributed by atoms with Crippen LogP contribution in [0.2, 0.25) is 0 Å². The number of ketones is 3. The Hall–Kier alpha value is -3.33. The fourth-order valence-corrected chi connectivity index (χ4v) is 10.3. The molecule has 0 aromatic carbocycles. The highest BCUT2D eigenvalue weighted by Crippen LogP contribution is 2.38. The van der Waals surface area contributed by atoms with Crippen LogP contribution in [-0.4, -0.2) is 121 Å². The molecule has 4 unspecified atom stereocenters. The minimum absolute atomic E-state index is 0.00540. The van der Waals surface area contributed by atoms with Crippen LogP contribution in [0.25, 0.3) is 0 Å². The van der Waals surface area contributed by atoms with Crippen molar-refractivity contribution in [3.05, 3.63) is 47.6 Å². The molecule has 1 aliphatic carbocycles. The van der Waals surface area contributed by atoms with Crippen LogP contribution in [0.1, 0.15) is 132 Å². The first kappa shape index (κ1) is 54.3.